The van der Waals surface area contributed by atoms with Gasteiger partial charge in [0.1, 0.15) is 0 Å². The molecule has 2 aliphatic rings. The predicted molar refractivity (Wildman–Crippen MR) is 85.1 cm³/mol. The van der Waals surface area contributed by atoms with E-state index >= 15 is 0 Å². The molecule has 0 amide bonds. The van der Waals surface area contributed by atoms with E-state index in [1.54, 1.807) is 0 Å². The van der Waals surface area contributed by atoms with Crippen LogP contribution in [0, 0.1) is 0 Å². The van der Waals surface area contributed by atoms with E-state index in [2.05, 4.69) is 47.4 Å². The van der Waals surface area contributed by atoms with E-state index < -0.39 is 0 Å². The van der Waals surface area contributed by atoms with E-state index in [1.165, 1.54) is 24.0 Å². The van der Waals surface area contributed by atoms with Gasteiger partial charge in [-0.2, -0.15) is 0 Å². The highest BCUT2D eigenvalue weighted by molar-refractivity contribution is 6.06. The first-order valence-electron chi connectivity index (χ1n) is 7.80. The van der Waals surface area contributed by atoms with Crippen molar-refractivity contribution in [1.82, 2.24) is 0 Å². The van der Waals surface area contributed by atoms with E-state index in [4.69, 9.17) is 0 Å². The van der Waals surface area contributed by atoms with Crippen LogP contribution < -0.4 is 4.90 Å². The number of carbonyl (C=O) groups is 1. The number of hydrogen-bond donors (Lipinski definition) is 0. The molecule has 2 nitrogen and oxygen atoms in total. The lowest BCUT2D eigenvalue weighted by Gasteiger charge is -2.21. The Morgan fingerprint density at radius 2 is 1.67 bits per heavy atom. The predicted octanol–water partition coefficient (Wildman–Crippen LogP) is 4.01. The van der Waals surface area contributed by atoms with Gasteiger partial charge >= 0.3 is 0 Å². The van der Waals surface area contributed by atoms with Gasteiger partial charge in [0.15, 0.2) is 5.78 Å². The van der Waals surface area contributed by atoms with Crippen LogP contribution in [0.5, 0.6) is 0 Å². The fourth-order valence-corrected chi connectivity index (χ4v) is 3.75. The molecular formula is C19H19NO. The number of Topliss-reactive ketones (excluding diaryl/α,β-unsaturated/α-hetero) is 1. The number of anilines is 1. The average molecular weight is 277 g/mol. The molecule has 1 fully saturated rings. The van der Waals surface area contributed by atoms with Crippen molar-refractivity contribution in [3.05, 3.63) is 65.2 Å². The van der Waals surface area contributed by atoms with Crippen molar-refractivity contribution in [1.29, 1.82) is 0 Å². The minimum atomic E-state index is 0.233. The van der Waals surface area contributed by atoms with Crippen LogP contribution in [0.2, 0.25) is 0 Å². The van der Waals surface area contributed by atoms with Crippen molar-refractivity contribution in [2.24, 2.45) is 0 Å². The molecule has 0 bridgehead atoms. The van der Waals surface area contributed by atoms with Gasteiger partial charge < -0.3 is 4.90 Å². The second kappa shape index (κ2) is 5.03. The second-order valence-electron chi connectivity index (χ2n) is 6.03. The van der Waals surface area contributed by atoms with Gasteiger partial charge in [0.25, 0.3) is 0 Å². The van der Waals surface area contributed by atoms with Gasteiger partial charge in [-0.15, -0.1) is 0 Å². The van der Waals surface area contributed by atoms with Crippen molar-refractivity contribution in [2.75, 3.05) is 18.0 Å². The lowest BCUT2D eigenvalue weighted by molar-refractivity contribution is 0.0992. The molecule has 21 heavy (non-hydrogen) atoms. The second-order valence-corrected chi connectivity index (χ2v) is 6.03. The standard InChI is InChI=1S/C19H19NO/c21-18-13-16(14-7-2-1-3-8-14)15-9-6-10-17(19(15)18)20-11-4-5-12-20/h1-3,6-10,16H,4-5,11-13H2/t16-/m0/s1. The Labute approximate surface area is 125 Å². The molecule has 1 aliphatic heterocycles. The van der Waals surface area contributed by atoms with Crippen LogP contribution in [0.1, 0.15) is 46.7 Å². The topological polar surface area (TPSA) is 20.3 Å². The molecule has 1 aliphatic carbocycles. The third-order valence-electron chi connectivity index (χ3n) is 4.77. The van der Waals surface area contributed by atoms with E-state index in [9.17, 15) is 4.79 Å². The highest BCUT2D eigenvalue weighted by Crippen LogP contribution is 2.42. The Kier molecular flexibility index (Phi) is 3.03. The fourth-order valence-electron chi connectivity index (χ4n) is 3.75. The molecule has 1 heterocycles. The number of benzene rings is 2. The minimum Gasteiger partial charge on any atom is -0.371 e. The van der Waals surface area contributed by atoms with Gasteiger partial charge in [0.2, 0.25) is 0 Å². The first-order valence-corrected chi connectivity index (χ1v) is 7.80. The number of nitrogens with zero attached hydrogens (tertiary/aromatic N) is 1. The minimum absolute atomic E-state index is 0.233. The summed E-state index contributed by atoms with van der Waals surface area (Å²) in [5, 5.41) is 0. The summed E-state index contributed by atoms with van der Waals surface area (Å²) in [6, 6.07) is 16.8. The fraction of sp³-hybridized carbons (Fsp3) is 0.316. The zero-order valence-electron chi connectivity index (χ0n) is 12.1. The lowest BCUT2D eigenvalue weighted by atomic mass is 9.93. The van der Waals surface area contributed by atoms with Crippen molar-refractivity contribution < 1.29 is 4.79 Å². The molecule has 2 aromatic carbocycles. The van der Waals surface area contributed by atoms with Gasteiger partial charge in [0, 0.05) is 36.7 Å². The summed E-state index contributed by atoms with van der Waals surface area (Å²) in [6.45, 7) is 2.17. The van der Waals surface area contributed by atoms with Crippen LogP contribution >= 0.6 is 0 Å². The highest BCUT2D eigenvalue weighted by atomic mass is 16.1. The zero-order chi connectivity index (χ0) is 14.2. The summed E-state index contributed by atoms with van der Waals surface area (Å²) in [4.78, 5) is 15.0. The smallest absolute Gasteiger partial charge is 0.166 e. The molecule has 0 aromatic heterocycles. The van der Waals surface area contributed by atoms with Crippen LogP contribution in [0.25, 0.3) is 0 Å². The Hall–Kier alpha value is -2.09. The molecule has 2 aromatic rings. The van der Waals surface area contributed by atoms with Crippen LogP contribution in [0.15, 0.2) is 48.5 Å². The van der Waals surface area contributed by atoms with Crippen molar-refractivity contribution in [2.45, 2.75) is 25.2 Å². The van der Waals surface area contributed by atoms with Crippen molar-refractivity contribution >= 4 is 11.5 Å². The molecule has 2 heteroatoms. The summed E-state index contributed by atoms with van der Waals surface area (Å²) in [7, 11) is 0. The lowest BCUT2D eigenvalue weighted by Crippen LogP contribution is -2.20. The number of hydrogen-bond acceptors (Lipinski definition) is 2. The monoisotopic (exact) mass is 277 g/mol. The first-order chi connectivity index (χ1) is 10.3. The van der Waals surface area contributed by atoms with E-state index in [1.807, 2.05) is 6.07 Å². The summed E-state index contributed by atoms with van der Waals surface area (Å²) in [5.74, 6) is 0.539. The molecule has 1 atom stereocenters. The molecule has 0 spiro atoms. The third-order valence-corrected chi connectivity index (χ3v) is 4.77. The SMILES string of the molecule is O=C1C[C@@H](c2ccccc2)c2cccc(N3CCCC3)c21. The average Bonchev–Trinajstić information content (AvgIpc) is 3.17. The van der Waals surface area contributed by atoms with E-state index in [-0.39, 0.29) is 5.92 Å². The van der Waals surface area contributed by atoms with Gasteiger partial charge in [-0.1, -0.05) is 42.5 Å². The van der Waals surface area contributed by atoms with Crippen molar-refractivity contribution in [3.8, 4) is 0 Å². The maximum absolute atomic E-state index is 12.6. The summed E-state index contributed by atoms with van der Waals surface area (Å²) in [6.07, 6.45) is 3.09. The first kappa shape index (κ1) is 12.6. The van der Waals surface area contributed by atoms with Gasteiger partial charge in [0.05, 0.1) is 0 Å². The Balaban J connectivity index is 1.80. The van der Waals surface area contributed by atoms with E-state index in [0.29, 0.717) is 12.2 Å². The molecule has 0 radical (unpaired) electrons. The normalized spacial score (nSPS) is 20.9. The quantitative estimate of drug-likeness (QED) is 0.826. The molecule has 0 N–H and O–H groups in total. The summed E-state index contributed by atoms with van der Waals surface area (Å²) in [5.41, 5.74) is 4.61. The Morgan fingerprint density at radius 3 is 2.43 bits per heavy atom. The zero-order valence-corrected chi connectivity index (χ0v) is 12.1. The van der Waals surface area contributed by atoms with Crippen LogP contribution in [-0.2, 0) is 0 Å². The van der Waals surface area contributed by atoms with Crippen molar-refractivity contribution in [3.63, 3.8) is 0 Å². The molecule has 106 valence electrons. The Morgan fingerprint density at radius 1 is 0.905 bits per heavy atom. The molecule has 0 unspecified atom stereocenters. The van der Waals surface area contributed by atoms with Crippen LogP contribution in [0.3, 0.4) is 0 Å². The largest absolute Gasteiger partial charge is 0.371 e. The molecular weight excluding hydrogens is 258 g/mol. The van der Waals surface area contributed by atoms with E-state index in [0.717, 1.165) is 24.3 Å². The highest BCUT2D eigenvalue weighted by Gasteiger charge is 2.33. The number of rotatable bonds is 2. The van der Waals surface area contributed by atoms with Crippen LogP contribution in [-0.4, -0.2) is 18.9 Å². The van der Waals surface area contributed by atoms with Gasteiger partial charge in [-0.05, 0) is 30.0 Å². The van der Waals surface area contributed by atoms with Gasteiger partial charge in [-0.25, -0.2) is 0 Å². The summed E-state index contributed by atoms with van der Waals surface area (Å²) < 4.78 is 0. The third kappa shape index (κ3) is 2.06. The maximum atomic E-state index is 12.6. The number of fused-ring (bicyclic) bond motifs is 1. The molecule has 4 rings (SSSR count). The summed E-state index contributed by atoms with van der Waals surface area (Å²) >= 11 is 0. The molecule has 0 saturated carbocycles. The number of ketones is 1. The van der Waals surface area contributed by atoms with Crippen LogP contribution in [0.4, 0.5) is 5.69 Å². The van der Waals surface area contributed by atoms with Gasteiger partial charge in [-0.3, -0.25) is 4.79 Å². The molecule has 1 saturated heterocycles. The maximum Gasteiger partial charge on any atom is 0.166 e. The number of carbonyl (C=O) groups excluding carboxylic acids is 1. The Bertz CT molecular complexity index is 671.